The molecule has 5 nitrogen and oxygen atoms in total. The van der Waals surface area contributed by atoms with Crippen molar-refractivity contribution in [2.75, 3.05) is 18.5 Å². The van der Waals surface area contributed by atoms with Gasteiger partial charge >= 0.3 is 6.18 Å². The largest absolute Gasteiger partial charge is 0.483 e. The van der Waals surface area contributed by atoms with Gasteiger partial charge in [-0.15, -0.1) is 0 Å². The van der Waals surface area contributed by atoms with Crippen molar-refractivity contribution in [3.05, 3.63) is 65.0 Å². The summed E-state index contributed by atoms with van der Waals surface area (Å²) in [7, 11) is 0. The fraction of sp³-hybridized carbons (Fsp3) is 0.462. The van der Waals surface area contributed by atoms with Crippen LogP contribution in [0.2, 0.25) is 0 Å². The van der Waals surface area contributed by atoms with Crippen molar-refractivity contribution in [2.45, 2.75) is 50.6 Å². The fourth-order valence-corrected chi connectivity index (χ4v) is 4.76. The molecule has 1 aliphatic carbocycles. The summed E-state index contributed by atoms with van der Waals surface area (Å²) in [6.07, 6.45) is 0.664. The Kier molecular flexibility index (Phi) is 9.26. The van der Waals surface area contributed by atoms with Gasteiger partial charge in [0.1, 0.15) is 5.82 Å². The SMILES string of the molecule is O=C(Nc1ccc(C(F)(F)F)cc1F)C1CCCC(c2ccc(CC3CCOC3)cc2)C1.O=CO. The summed E-state index contributed by atoms with van der Waals surface area (Å²) in [5, 5.41) is 9.38. The molecule has 2 fully saturated rings. The predicted molar refractivity (Wildman–Crippen MR) is 122 cm³/mol. The summed E-state index contributed by atoms with van der Waals surface area (Å²) in [6.45, 7) is 1.41. The minimum atomic E-state index is -4.62. The van der Waals surface area contributed by atoms with Crippen LogP contribution in [0.5, 0.6) is 0 Å². The zero-order valence-electron chi connectivity index (χ0n) is 19.2. The van der Waals surface area contributed by atoms with E-state index in [4.69, 9.17) is 14.6 Å². The van der Waals surface area contributed by atoms with Gasteiger partial charge in [-0.1, -0.05) is 30.7 Å². The van der Waals surface area contributed by atoms with Gasteiger partial charge < -0.3 is 15.2 Å². The van der Waals surface area contributed by atoms with Gasteiger partial charge in [0.25, 0.3) is 6.47 Å². The highest BCUT2D eigenvalue weighted by molar-refractivity contribution is 5.92. The minimum Gasteiger partial charge on any atom is -0.483 e. The molecule has 3 unspecified atom stereocenters. The third-order valence-electron chi connectivity index (χ3n) is 6.60. The highest BCUT2D eigenvalue weighted by Crippen LogP contribution is 2.37. The normalized spacial score (nSPS) is 22.1. The highest BCUT2D eigenvalue weighted by Gasteiger charge is 2.32. The van der Waals surface area contributed by atoms with Crippen LogP contribution in [0, 0.1) is 17.7 Å². The van der Waals surface area contributed by atoms with Gasteiger partial charge in [0.2, 0.25) is 5.91 Å². The molecule has 1 amide bonds. The lowest BCUT2D eigenvalue weighted by Crippen LogP contribution is -2.28. The lowest BCUT2D eigenvalue weighted by Gasteiger charge is -2.29. The number of alkyl halides is 3. The Bertz CT molecular complexity index is 988. The molecule has 9 heteroatoms. The molecule has 1 heterocycles. The van der Waals surface area contributed by atoms with Crippen LogP contribution in [0.4, 0.5) is 23.2 Å². The second-order valence-electron chi connectivity index (χ2n) is 9.02. The van der Waals surface area contributed by atoms with Gasteiger partial charge in [-0.2, -0.15) is 13.2 Å². The van der Waals surface area contributed by atoms with Crippen LogP contribution >= 0.6 is 0 Å². The van der Waals surface area contributed by atoms with Crippen molar-refractivity contribution < 1.29 is 37.0 Å². The number of nitrogens with one attached hydrogen (secondary N) is 1. The van der Waals surface area contributed by atoms with Crippen LogP contribution in [0.25, 0.3) is 0 Å². The van der Waals surface area contributed by atoms with Crippen molar-refractivity contribution >= 4 is 18.1 Å². The van der Waals surface area contributed by atoms with Crippen molar-refractivity contribution in [3.63, 3.8) is 0 Å². The molecule has 0 radical (unpaired) electrons. The summed E-state index contributed by atoms with van der Waals surface area (Å²) >= 11 is 0. The molecule has 0 spiro atoms. The first-order valence-electron chi connectivity index (χ1n) is 11.6. The average Bonchev–Trinajstić information content (AvgIpc) is 3.34. The molecule has 4 rings (SSSR count). The van der Waals surface area contributed by atoms with Crippen LogP contribution < -0.4 is 5.32 Å². The third kappa shape index (κ3) is 7.52. The number of carbonyl (C=O) groups excluding carboxylic acids is 1. The number of anilines is 1. The Morgan fingerprint density at radius 1 is 1.11 bits per heavy atom. The highest BCUT2D eigenvalue weighted by atomic mass is 19.4. The standard InChI is InChI=1S/C25H27F4NO2.CH2O2/c26-22-14-21(25(27,28)29)8-9-23(22)30-24(31)20-3-1-2-19(13-20)18-6-4-16(5-7-18)12-17-10-11-32-15-17;2-1-3/h4-9,14,17,19-20H,1-3,10-13,15H2,(H,30,31);1H,(H,2,3). The number of rotatable bonds is 5. The molecule has 0 bridgehead atoms. The van der Waals surface area contributed by atoms with E-state index >= 15 is 0 Å². The van der Waals surface area contributed by atoms with Crippen molar-refractivity contribution in [3.8, 4) is 0 Å². The lowest BCUT2D eigenvalue weighted by atomic mass is 9.77. The van der Waals surface area contributed by atoms with Gasteiger partial charge in [-0.05, 0) is 73.3 Å². The minimum absolute atomic E-state index is 0.217. The van der Waals surface area contributed by atoms with Gasteiger partial charge in [0.05, 0.1) is 11.3 Å². The summed E-state index contributed by atoms with van der Waals surface area (Å²) in [4.78, 5) is 21.1. The number of hydrogen-bond acceptors (Lipinski definition) is 3. The number of halogens is 4. The smallest absolute Gasteiger partial charge is 0.416 e. The summed E-state index contributed by atoms with van der Waals surface area (Å²) < 4.78 is 57.7. The van der Waals surface area contributed by atoms with Crippen LogP contribution in [-0.4, -0.2) is 30.7 Å². The van der Waals surface area contributed by atoms with Gasteiger partial charge in [0.15, 0.2) is 0 Å². The molecule has 1 saturated heterocycles. The molecule has 2 aromatic carbocycles. The van der Waals surface area contributed by atoms with Gasteiger partial charge in [0, 0.05) is 19.1 Å². The van der Waals surface area contributed by atoms with E-state index in [1.165, 1.54) is 11.1 Å². The van der Waals surface area contributed by atoms with E-state index < -0.39 is 17.6 Å². The molecule has 2 aliphatic rings. The van der Waals surface area contributed by atoms with E-state index in [1.807, 2.05) is 0 Å². The Hall–Kier alpha value is -2.94. The maximum Gasteiger partial charge on any atom is 0.416 e. The molecular formula is C26H29F4NO4. The Balaban J connectivity index is 0.00000108. The van der Waals surface area contributed by atoms with Crippen LogP contribution in [-0.2, 0) is 26.9 Å². The summed E-state index contributed by atoms with van der Waals surface area (Å²) in [5.41, 5.74) is 1.18. The number of carbonyl (C=O) groups is 2. The zero-order valence-corrected chi connectivity index (χ0v) is 19.2. The maximum atomic E-state index is 14.1. The monoisotopic (exact) mass is 495 g/mol. The molecular weight excluding hydrogens is 466 g/mol. The van der Waals surface area contributed by atoms with Crippen LogP contribution in [0.15, 0.2) is 42.5 Å². The first kappa shape index (κ1) is 26.7. The van der Waals surface area contributed by atoms with E-state index in [-0.39, 0.29) is 29.9 Å². The third-order valence-corrected chi connectivity index (χ3v) is 6.60. The van der Waals surface area contributed by atoms with Crippen LogP contribution in [0.3, 0.4) is 0 Å². The Morgan fingerprint density at radius 3 is 2.43 bits per heavy atom. The molecule has 190 valence electrons. The van der Waals surface area contributed by atoms with E-state index in [0.29, 0.717) is 24.8 Å². The van der Waals surface area contributed by atoms with Crippen molar-refractivity contribution in [2.24, 2.45) is 11.8 Å². The van der Waals surface area contributed by atoms with E-state index in [1.54, 1.807) is 0 Å². The number of ether oxygens (including phenoxy) is 1. The molecule has 35 heavy (non-hydrogen) atoms. The molecule has 1 aliphatic heterocycles. The Morgan fingerprint density at radius 2 is 1.83 bits per heavy atom. The number of carboxylic acid groups (broad SMARTS) is 1. The van der Waals surface area contributed by atoms with E-state index in [9.17, 15) is 22.4 Å². The van der Waals surface area contributed by atoms with E-state index in [0.717, 1.165) is 51.0 Å². The first-order chi connectivity index (χ1) is 16.7. The molecule has 1 saturated carbocycles. The lowest BCUT2D eigenvalue weighted by molar-refractivity contribution is -0.137. The second kappa shape index (κ2) is 12.2. The fourth-order valence-electron chi connectivity index (χ4n) is 4.76. The molecule has 2 aromatic rings. The van der Waals surface area contributed by atoms with Gasteiger partial charge in [-0.3, -0.25) is 9.59 Å². The number of benzene rings is 2. The van der Waals surface area contributed by atoms with Crippen molar-refractivity contribution in [1.29, 1.82) is 0 Å². The number of amides is 1. The van der Waals surface area contributed by atoms with Crippen molar-refractivity contribution in [1.82, 2.24) is 0 Å². The Labute approximate surface area is 201 Å². The summed E-state index contributed by atoms with van der Waals surface area (Å²) in [5.74, 6) is -0.907. The first-order valence-corrected chi connectivity index (χ1v) is 11.6. The maximum absolute atomic E-state index is 14.1. The molecule has 0 aromatic heterocycles. The molecule has 2 N–H and O–H groups in total. The quantitative estimate of drug-likeness (QED) is 0.392. The van der Waals surface area contributed by atoms with Gasteiger partial charge in [-0.25, -0.2) is 4.39 Å². The van der Waals surface area contributed by atoms with Crippen LogP contribution in [0.1, 0.15) is 54.7 Å². The topological polar surface area (TPSA) is 75.6 Å². The predicted octanol–water partition coefficient (Wildman–Crippen LogP) is 6.04. The number of hydrogen-bond donors (Lipinski definition) is 2. The molecule has 3 atom stereocenters. The second-order valence-corrected chi connectivity index (χ2v) is 9.02. The van der Waals surface area contributed by atoms with E-state index in [2.05, 4.69) is 29.6 Å². The average molecular weight is 496 g/mol. The zero-order chi connectivity index (χ0) is 25.4. The summed E-state index contributed by atoms with van der Waals surface area (Å²) in [6, 6.07) is 10.7.